The van der Waals surface area contributed by atoms with Crippen molar-refractivity contribution in [3.8, 4) is 0 Å². The zero-order valence-electron chi connectivity index (χ0n) is 8.50. The standard InChI is InChI=1S/C12H6Cl2O3/c13-7-2-1-5(3-8(7)14)12-4-6(12)9(15)10(16)11(12)17/h1-3,6H,4H2. The van der Waals surface area contributed by atoms with Crippen LogP contribution in [0.1, 0.15) is 12.0 Å². The molecule has 0 N–H and O–H groups in total. The third kappa shape index (κ3) is 1.21. The third-order valence-electron chi connectivity index (χ3n) is 3.55. The van der Waals surface area contributed by atoms with Crippen molar-refractivity contribution in [1.82, 2.24) is 0 Å². The van der Waals surface area contributed by atoms with Gasteiger partial charge in [-0.05, 0) is 24.1 Å². The molecule has 1 aromatic rings. The summed E-state index contributed by atoms with van der Waals surface area (Å²) in [6, 6.07) is 4.79. The fraction of sp³-hybridized carbons (Fsp3) is 0.250. The van der Waals surface area contributed by atoms with Gasteiger partial charge in [0.2, 0.25) is 11.6 Å². The smallest absolute Gasteiger partial charge is 0.265 e. The maximum absolute atomic E-state index is 11.8. The number of Topliss-reactive ketones (excluding diaryl/α,β-unsaturated/α-hetero) is 3. The lowest BCUT2D eigenvalue weighted by molar-refractivity contribution is -0.142. The van der Waals surface area contributed by atoms with Crippen LogP contribution in [0.4, 0.5) is 0 Å². The number of rotatable bonds is 1. The van der Waals surface area contributed by atoms with Gasteiger partial charge in [0.05, 0.1) is 15.5 Å². The Morgan fingerprint density at radius 3 is 2.35 bits per heavy atom. The molecule has 86 valence electrons. The average molecular weight is 269 g/mol. The van der Waals surface area contributed by atoms with Crippen molar-refractivity contribution in [2.75, 3.05) is 0 Å². The SMILES string of the molecule is O=C1C(=O)C2CC2(c2ccc(Cl)c(Cl)c2)C1=O. The fourth-order valence-corrected chi connectivity index (χ4v) is 2.83. The van der Waals surface area contributed by atoms with E-state index in [4.69, 9.17) is 23.2 Å². The van der Waals surface area contributed by atoms with E-state index in [1.165, 1.54) is 0 Å². The second-order valence-corrected chi connectivity index (χ2v) is 5.19. The Labute approximate surface area is 107 Å². The van der Waals surface area contributed by atoms with Gasteiger partial charge in [-0.1, -0.05) is 29.3 Å². The van der Waals surface area contributed by atoms with Crippen molar-refractivity contribution < 1.29 is 14.4 Å². The molecule has 3 rings (SSSR count). The highest BCUT2D eigenvalue weighted by molar-refractivity contribution is 6.71. The molecule has 0 amide bonds. The van der Waals surface area contributed by atoms with Gasteiger partial charge < -0.3 is 0 Å². The summed E-state index contributed by atoms with van der Waals surface area (Å²) in [6.07, 6.45) is 0.411. The van der Waals surface area contributed by atoms with Crippen molar-refractivity contribution in [3.63, 3.8) is 0 Å². The van der Waals surface area contributed by atoms with E-state index < -0.39 is 28.7 Å². The molecule has 1 aromatic carbocycles. The minimum absolute atomic E-state index is 0.323. The van der Waals surface area contributed by atoms with E-state index in [2.05, 4.69) is 0 Å². The highest BCUT2D eigenvalue weighted by Gasteiger charge is 2.72. The lowest BCUT2D eigenvalue weighted by atomic mass is 9.92. The Bertz CT molecular complexity index is 593. The normalized spacial score (nSPS) is 30.7. The van der Waals surface area contributed by atoms with Gasteiger partial charge in [0.15, 0.2) is 0 Å². The van der Waals surface area contributed by atoms with Crippen molar-refractivity contribution >= 4 is 40.6 Å². The number of carbonyl (C=O) groups is 3. The molecule has 2 atom stereocenters. The van der Waals surface area contributed by atoms with Crippen LogP contribution in [0.25, 0.3) is 0 Å². The molecule has 0 aliphatic heterocycles. The van der Waals surface area contributed by atoms with E-state index >= 15 is 0 Å². The van der Waals surface area contributed by atoms with Gasteiger partial charge in [-0.3, -0.25) is 14.4 Å². The summed E-state index contributed by atoms with van der Waals surface area (Å²) >= 11 is 11.7. The molecule has 2 fully saturated rings. The van der Waals surface area contributed by atoms with Crippen LogP contribution in [0.2, 0.25) is 10.0 Å². The molecule has 0 heterocycles. The van der Waals surface area contributed by atoms with Gasteiger partial charge in [-0.25, -0.2) is 0 Å². The molecule has 2 unspecified atom stereocenters. The van der Waals surface area contributed by atoms with E-state index in [1.807, 2.05) is 0 Å². The first-order valence-corrected chi connectivity index (χ1v) is 5.82. The maximum Gasteiger partial charge on any atom is 0.265 e. The van der Waals surface area contributed by atoms with E-state index in [1.54, 1.807) is 18.2 Å². The average Bonchev–Trinajstić information content (AvgIpc) is 3.02. The molecule has 0 saturated heterocycles. The first-order valence-electron chi connectivity index (χ1n) is 5.07. The molecular formula is C12H6Cl2O3. The van der Waals surface area contributed by atoms with Gasteiger partial charge in [-0.15, -0.1) is 0 Å². The van der Waals surface area contributed by atoms with Crippen LogP contribution in [0, 0.1) is 5.92 Å². The van der Waals surface area contributed by atoms with Crippen LogP contribution in [-0.2, 0) is 19.8 Å². The zero-order valence-corrected chi connectivity index (χ0v) is 10.0. The van der Waals surface area contributed by atoms with Crippen molar-refractivity contribution in [3.05, 3.63) is 33.8 Å². The summed E-state index contributed by atoms with van der Waals surface area (Å²) in [5.41, 5.74) is -0.330. The Balaban J connectivity index is 2.12. The van der Waals surface area contributed by atoms with Crippen LogP contribution in [0.3, 0.4) is 0 Å². The van der Waals surface area contributed by atoms with Gasteiger partial charge in [0.25, 0.3) is 5.78 Å². The summed E-state index contributed by atoms with van der Waals surface area (Å²) in [5, 5.41) is 0.705. The monoisotopic (exact) mass is 268 g/mol. The van der Waals surface area contributed by atoms with E-state index in [0.29, 0.717) is 22.0 Å². The minimum atomic E-state index is -0.942. The number of benzene rings is 1. The summed E-state index contributed by atoms with van der Waals surface area (Å²) < 4.78 is 0. The minimum Gasteiger partial charge on any atom is -0.290 e. The Kier molecular flexibility index (Phi) is 2.04. The molecule has 0 bridgehead atoms. The van der Waals surface area contributed by atoms with Crippen LogP contribution in [0.5, 0.6) is 0 Å². The van der Waals surface area contributed by atoms with Crippen molar-refractivity contribution in [1.29, 1.82) is 0 Å². The second-order valence-electron chi connectivity index (χ2n) is 4.38. The third-order valence-corrected chi connectivity index (χ3v) is 4.29. The predicted octanol–water partition coefficient (Wildman–Crippen LogP) is 1.97. The summed E-state index contributed by atoms with van der Waals surface area (Å²) in [4.78, 5) is 34.6. The van der Waals surface area contributed by atoms with E-state index in [0.717, 1.165) is 0 Å². The highest BCUT2D eigenvalue weighted by atomic mass is 35.5. The first kappa shape index (κ1) is 10.9. The lowest BCUT2D eigenvalue weighted by Crippen LogP contribution is -2.25. The lowest BCUT2D eigenvalue weighted by Gasteiger charge is -2.10. The Hall–Kier alpha value is -1.19. The molecule has 2 saturated carbocycles. The van der Waals surface area contributed by atoms with Crippen LogP contribution < -0.4 is 0 Å². The predicted molar refractivity (Wildman–Crippen MR) is 61.3 cm³/mol. The van der Waals surface area contributed by atoms with Gasteiger partial charge in [0.1, 0.15) is 0 Å². The highest BCUT2D eigenvalue weighted by Crippen LogP contribution is 2.59. The molecule has 17 heavy (non-hydrogen) atoms. The largest absolute Gasteiger partial charge is 0.290 e. The van der Waals surface area contributed by atoms with Crippen LogP contribution in [0.15, 0.2) is 18.2 Å². The van der Waals surface area contributed by atoms with Gasteiger partial charge in [-0.2, -0.15) is 0 Å². The van der Waals surface area contributed by atoms with Crippen LogP contribution >= 0.6 is 23.2 Å². The number of ketones is 3. The fourth-order valence-electron chi connectivity index (χ4n) is 2.53. The number of fused-ring (bicyclic) bond motifs is 1. The second kappa shape index (κ2) is 3.18. The van der Waals surface area contributed by atoms with Crippen molar-refractivity contribution in [2.45, 2.75) is 11.8 Å². The number of halogens is 2. The van der Waals surface area contributed by atoms with E-state index in [-0.39, 0.29) is 0 Å². The molecule has 0 radical (unpaired) electrons. The number of hydrogen-bond donors (Lipinski definition) is 0. The Morgan fingerprint density at radius 2 is 1.82 bits per heavy atom. The first-order chi connectivity index (χ1) is 7.98. The molecule has 0 spiro atoms. The molecule has 2 aliphatic carbocycles. The molecule has 5 heteroatoms. The molecule has 3 nitrogen and oxygen atoms in total. The number of carbonyl (C=O) groups excluding carboxylic acids is 3. The van der Waals surface area contributed by atoms with Gasteiger partial charge in [0, 0.05) is 5.92 Å². The Morgan fingerprint density at radius 1 is 1.12 bits per heavy atom. The molecular weight excluding hydrogens is 263 g/mol. The van der Waals surface area contributed by atoms with Crippen LogP contribution in [-0.4, -0.2) is 17.3 Å². The number of hydrogen-bond acceptors (Lipinski definition) is 3. The summed E-state index contributed by atoms with van der Waals surface area (Å²) in [7, 11) is 0. The van der Waals surface area contributed by atoms with Crippen molar-refractivity contribution in [2.24, 2.45) is 5.92 Å². The van der Waals surface area contributed by atoms with Gasteiger partial charge >= 0.3 is 0 Å². The van der Waals surface area contributed by atoms with E-state index in [9.17, 15) is 14.4 Å². The topological polar surface area (TPSA) is 51.2 Å². The summed E-state index contributed by atoms with van der Waals surface area (Å²) in [6.45, 7) is 0. The zero-order chi connectivity index (χ0) is 12.4. The molecule has 2 aliphatic rings. The quantitative estimate of drug-likeness (QED) is 0.732. The molecule has 0 aromatic heterocycles. The maximum atomic E-state index is 11.8. The summed E-state index contributed by atoms with van der Waals surface area (Å²) in [5.74, 6) is -2.54.